The van der Waals surface area contributed by atoms with E-state index in [1.54, 1.807) is 0 Å². The molecule has 1 N–H and O–H groups in total. The summed E-state index contributed by atoms with van der Waals surface area (Å²) in [6.07, 6.45) is 6.36. The van der Waals surface area contributed by atoms with Crippen LogP contribution in [0.4, 0.5) is 0 Å². The highest BCUT2D eigenvalue weighted by atomic mass is 35.5. The third-order valence-corrected chi connectivity index (χ3v) is 4.31. The molecular formula is C13H16BClO2. The van der Waals surface area contributed by atoms with E-state index in [9.17, 15) is 5.02 Å². The second-order valence-electron chi connectivity index (χ2n) is 5.16. The van der Waals surface area contributed by atoms with Crippen molar-refractivity contribution in [2.75, 3.05) is 0 Å². The molecular weight excluding hydrogens is 234 g/mol. The average molecular weight is 251 g/mol. The second kappa shape index (κ2) is 4.64. The third-order valence-electron chi connectivity index (χ3n) is 3.95. The van der Waals surface area contributed by atoms with Gasteiger partial charge in [0, 0.05) is 5.02 Å². The van der Waals surface area contributed by atoms with E-state index < -0.39 is 7.12 Å². The summed E-state index contributed by atoms with van der Waals surface area (Å²) < 4.78 is 5.20. The lowest BCUT2D eigenvalue weighted by Crippen LogP contribution is -2.28. The lowest BCUT2D eigenvalue weighted by molar-refractivity contribution is 0.275. The monoisotopic (exact) mass is 250 g/mol. The molecule has 0 amide bonds. The van der Waals surface area contributed by atoms with Gasteiger partial charge in [-0.2, -0.15) is 0 Å². The zero-order valence-electron chi connectivity index (χ0n) is 9.79. The molecule has 1 fully saturated rings. The Morgan fingerprint density at radius 2 is 2.12 bits per heavy atom. The topological polar surface area (TPSA) is 29.5 Å². The van der Waals surface area contributed by atoms with E-state index in [0.29, 0.717) is 6.61 Å². The van der Waals surface area contributed by atoms with Crippen molar-refractivity contribution in [1.29, 1.82) is 0 Å². The van der Waals surface area contributed by atoms with E-state index in [2.05, 4.69) is 0 Å². The van der Waals surface area contributed by atoms with Gasteiger partial charge in [0.05, 0.1) is 6.61 Å². The molecule has 90 valence electrons. The van der Waals surface area contributed by atoms with Crippen molar-refractivity contribution in [2.45, 2.75) is 38.7 Å². The van der Waals surface area contributed by atoms with Crippen molar-refractivity contribution >= 4 is 24.2 Å². The fraction of sp³-hybridized carbons (Fsp3) is 0.538. The minimum Gasteiger partial charge on any atom is -0.423 e. The summed E-state index contributed by atoms with van der Waals surface area (Å²) in [6.45, 7) is 0.472. The highest BCUT2D eigenvalue weighted by molar-refractivity contribution is 6.61. The normalized spacial score (nSPS) is 20.0. The SMILES string of the molecule is OB1OCc2cc(Cl)c(CC3CCCC3)cc21. The van der Waals surface area contributed by atoms with Gasteiger partial charge in [0.2, 0.25) is 0 Å². The molecule has 1 aliphatic heterocycles. The summed E-state index contributed by atoms with van der Waals surface area (Å²) in [5.74, 6) is 0.769. The maximum absolute atomic E-state index is 9.69. The van der Waals surface area contributed by atoms with E-state index in [0.717, 1.165) is 28.4 Å². The van der Waals surface area contributed by atoms with E-state index in [-0.39, 0.29) is 0 Å². The Kier molecular flexibility index (Phi) is 3.16. The van der Waals surface area contributed by atoms with Crippen molar-refractivity contribution in [1.82, 2.24) is 0 Å². The minimum absolute atomic E-state index is 0.472. The maximum atomic E-state index is 9.69. The van der Waals surface area contributed by atoms with Gasteiger partial charge in [-0.05, 0) is 35.0 Å². The molecule has 0 radical (unpaired) electrons. The van der Waals surface area contributed by atoms with Crippen molar-refractivity contribution in [2.24, 2.45) is 5.92 Å². The molecule has 0 atom stereocenters. The van der Waals surface area contributed by atoms with Gasteiger partial charge in [-0.3, -0.25) is 0 Å². The van der Waals surface area contributed by atoms with Crippen molar-refractivity contribution in [3.05, 3.63) is 28.3 Å². The van der Waals surface area contributed by atoms with Gasteiger partial charge in [0.1, 0.15) is 0 Å². The molecule has 0 unspecified atom stereocenters. The molecule has 0 bridgehead atoms. The number of hydrogen-bond donors (Lipinski definition) is 1. The Labute approximate surface area is 107 Å². The summed E-state index contributed by atoms with van der Waals surface area (Å²) in [5.41, 5.74) is 3.10. The molecule has 2 aliphatic rings. The molecule has 1 aliphatic carbocycles. The summed E-state index contributed by atoms with van der Waals surface area (Å²) in [6, 6.07) is 3.99. The van der Waals surface area contributed by atoms with Crippen LogP contribution in [0.2, 0.25) is 5.02 Å². The van der Waals surface area contributed by atoms with Crippen LogP contribution < -0.4 is 5.46 Å². The van der Waals surface area contributed by atoms with E-state index >= 15 is 0 Å². The van der Waals surface area contributed by atoms with Crippen LogP contribution in [-0.2, 0) is 17.7 Å². The fourth-order valence-electron chi connectivity index (χ4n) is 2.97. The molecule has 3 rings (SSSR count). The number of fused-ring (bicyclic) bond motifs is 1. The first-order chi connectivity index (χ1) is 8.24. The van der Waals surface area contributed by atoms with E-state index in [1.165, 1.54) is 31.2 Å². The molecule has 0 aromatic heterocycles. The van der Waals surface area contributed by atoms with Gasteiger partial charge < -0.3 is 9.68 Å². The van der Waals surface area contributed by atoms with Gasteiger partial charge in [-0.25, -0.2) is 0 Å². The Hall–Kier alpha value is -0.505. The predicted octanol–water partition coefficient (Wildman–Crippen LogP) is 2.29. The highest BCUT2D eigenvalue weighted by Gasteiger charge is 2.29. The van der Waals surface area contributed by atoms with Gasteiger partial charge in [0.15, 0.2) is 0 Å². The second-order valence-corrected chi connectivity index (χ2v) is 5.57. The summed E-state index contributed by atoms with van der Waals surface area (Å²) in [7, 11) is -0.760. The highest BCUT2D eigenvalue weighted by Crippen LogP contribution is 2.31. The molecule has 17 heavy (non-hydrogen) atoms. The first-order valence-corrected chi connectivity index (χ1v) is 6.72. The molecule has 0 spiro atoms. The molecule has 1 aromatic carbocycles. The number of rotatable bonds is 2. The summed E-state index contributed by atoms with van der Waals surface area (Å²) >= 11 is 6.30. The van der Waals surface area contributed by atoms with Crippen molar-refractivity contribution in [3.8, 4) is 0 Å². The number of halogens is 1. The van der Waals surface area contributed by atoms with Gasteiger partial charge in [-0.15, -0.1) is 0 Å². The van der Waals surface area contributed by atoms with E-state index in [4.69, 9.17) is 16.3 Å². The largest absolute Gasteiger partial charge is 0.491 e. The number of hydrogen-bond acceptors (Lipinski definition) is 2. The van der Waals surface area contributed by atoms with E-state index in [1.807, 2.05) is 12.1 Å². The van der Waals surface area contributed by atoms with Crippen LogP contribution in [0.1, 0.15) is 36.8 Å². The molecule has 1 aromatic rings. The summed E-state index contributed by atoms with van der Waals surface area (Å²) in [5, 5.41) is 10.5. The first kappa shape index (κ1) is 11.6. The predicted molar refractivity (Wildman–Crippen MR) is 69.5 cm³/mol. The van der Waals surface area contributed by atoms with Crippen LogP contribution in [0.25, 0.3) is 0 Å². The Bertz CT molecular complexity index is 430. The molecule has 1 saturated carbocycles. The fourth-order valence-corrected chi connectivity index (χ4v) is 3.24. The zero-order valence-corrected chi connectivity index (χ0v) is 10.5. The third kappa shape index (κ3) is 2.24. The van der Waals surface area contributed by atoms with Crippen molar-refractivity contribution in [3.63, 3.8) is 0 Å². The lowest BCUT2D eigenvalue weighted by atomic mass is 9.78. The standard InChI is InChI=1S/C13H16BClO2/c15-13-7-11-8-17-14(16)12(11)6-10(13)5-9-3-1-2-4-9/h6-7,9,16H,1-5,8H2. The van der Waals surface area contributed by atoms with Crippen LogP contribution >= 0.6 is 11.6 Å². The van der Waals surface area contributed by atoms with Crippen LogP contribution in [0.3, 0.4) is 0 Å². The van der Waals surface area contributed by atoms with Crippen LogP contribution in [0.15, 0.2) is 12.1 Å². The van der Waals surface area contributed by atoms with Gasteiger partial charge in [-0.1, -0.05) is 43.4 Å². The zero-order chi connectivity index (χ0) is 11.8. The first-order valence-electron chi connectivity index (χ1n) is 6.35. The molecule has 2 nitrogen and oxygen atoms in total. The summed E-state index contributed by atoms with van der Waals surface area (Å²) in [4.78, 5) is 0. The van der Waals surface area contributed by atoms with Crippen LogP contribution in [0, 0.1) is 5.92 Å². The number of benzene rings is 1. The smallest absolute Gasteiger partial charge is 0.423 e. The van der Waals surface area contributed by atoms with Crippen LogP contribution in [0.5, 0.6) is 0 Å². The Morgan fingerprint density at radius 3 is 2.88 bits per heavy atom. The van der Waals surface area contributed by atoms with Crippen LogP contribution in [-0.4, -0.2) is 12.1 Å². The quantitative estimate of drug-likeness (QED) is 0.816. The van der Waals surface area contributed by atoms with Crippen molar-refractivity contribution < 1.29 is 9.68 Å². The lowest BCUT2D eigenvalue weighted by Gasteiger charge is -2.12. The molecule has 4 heteroatoms. The average Bonchev–Trinajstić information content (AvgIpc) is 2.92. The Morgan fingerprint density at radius 1 is 1.35 bits per heavy atom. The molecule has 0 saturated heterocycles. The minimum atomic E-state index is -0.760. The molecule has 1 heterocycles. The maximum Gasteiger partial charge on any atom is 0.491 e. The van der Waals surface area contributed by atoms with Gasteiger partial charge >= 0.3 is 7.12 Å². The van der Waals surface area contributed by atoms with Gasteiger partial charge in [0.25, 0.3) is 0 Å². The Balaban J connectivity index is 1.86.